The zero-order valence-electron chi connectivity index (χ0n) is 26.2. The number of nitrogens with one attached hydrogen (secondary N) is 1. The van der Waals surface area contributed by atoms with Crippen molar-refractivity contribution in [1.29, 1.82) is 5.26 Å². The average molecular weight is 613 g/mol. The summed E-state index contributed by atoms with van der Waals surface area (Å²) in [6, 6.07) is 34.3. The van der Waals surface area contributed by atoms with Gasteiger partial charge >= 0.3 is 11.9 Å². The van der Waals surface area contributed by atoms with E-state index in [-0.39, 0.29) is 17.8 Å². The van der Waals surface area contributed by atoms with Crippen molar-refractivity contribution < 1.29 is 19.1 Å². The maximum absolute atomic E-state index is 13.6. The second kappa shape index (κ2) is 14.9. The molecule has 3 aromatic carbocycles. The van der Waals surface area contributed by atoms with Gasteiger partial charge in [-0.3, -0.25) is 4.98 Å². The highest BCUT2D eigenvalue weighted by atomic mass is 16.5. The summed E-state index contributed by atoms with van der Waals surface area (Å²) in [5.74, 6) is -2.01. The number of carbonyl (C=O) groups excluding carboxylic acids is 2. The normalized spacial score (nSPS) is 14.3. The molecule has 0 spiro atoms. The Bertz CT molecular complexity index is 1750. The van der Waals surface area contributed by atoms with E-state index in [1.165, 1.54) is 24.4 Å². The van der Waals surface area contributed by atoms with Gasteiger partial charge in [-0.05, 0) is 54.8 Å². The van der Waals surface area contributed by atoms with Gasteiger partial charge in [0.05, 0.1) is 48.1 Å². The van der Waals surface area contributed by atoms with Crippen LogP contribution < -0.4 is 10.2 Å². The second-order valence-corrected chi connectivity index (χ2v) is 11.1. The summed E-state index contributed by atoms with van der Waals surface area (Å²) in [6.45, 7) is 5.17. The molecule has 1 unspecified atom stereocenters. The van der Waals surface area contributed by atoms with Gasteiger partial charge in [-0.2, -0.15) is 5.26 Å². The SMILES string of the molecule is COC(=O)C1=C(C)NC(C)=C(C(=O)OCCc2ccc(N(Cc3ccccc3)Cc3ccccc3)cc2)C1c1cc(C#N)ccn1. The van der Waals surface area contributed by atoms with E-state index < -0.39 is 17.9 Å². The van der Waals surface area contributed by atoms with Crippen molar-refractivity contribution in [3.63, 3.8) is 0 Å². The number of anilines is 1. The summed E-state index contributed by atoms with van der Waals surface area (Å²) in [5, 5.41) is 12.6. The Morgan fingerprint density at radius 3 is 1.98 bits per heavy atom. The maximum atomic E-state index is 13.6. The van der Waals surface area contributed by atoms with E-state index in [1.807, 2.05) is 12.1 Å². The molecule has 1 aromatic heterocycles. The molecule has 0 saturated heterocycles. The lowest BCUT2D eigenvalue weighted by atomic mass is 9.82. The topological polar surface area (TPSA) is 105 Å². The van der Waals surface area contributed by atoms with Crippen LogP contribution in [0.25, 0.3) is 0 Å². The quantitative estimate of drug-likeness (QED) is 0.195. The molecule has 1 aliphatic rings. The third-order valence-electron chi connectivity index (χ3n) is 7.95. The van der Waals surface area contributed by atoms with E-state index in [4.69, 9.17) is 9.47 Å². The van der Waals surface area contributed by atoms with Gasteiger partial charge in [-0.15, -0.1) is 0 Å². The molecule has 2 heterocycles. The van der Waals surface area contributed by atoms with Gasteiger partial charge < -0.3 is 19.7 Å². The molecule has 5 rings (SSSR count). The fourth-order valence-electron chi connectivity index (χ4n) is 5.68. The molecule has 0 saturated carbocycles. The number of nitrogens with zero attached hydrogens (tertiary/aromatic N) is 3. The van der Waals surface area contributed by atoms with E-state index in [9.17, 15) is 14.9 Å². The highest BCUT2D eigenvalue weighted by molar-refractivity contribution is 5.99. The molecule has 1 N–H and O–H groups in total. The van der Waals surface area contributed by atoms with Gasteiger partial charge in [0.15, 0.2) is 0 Å². The van der Waals surface area contributed by atoms with Gasteiger partial charge in [-0.25, -0.2) is 9.59 Å². The molecule has 0 radical (unpaired) electrons. The molecule has 8 heteroatoms. The van der Waals surface area contributed by atoms with Crippen LogP contribution in [0.3, 0.4) is 0 Å². The number of nitriles is 1. The molecule has 0 aliphatic carbocycles. The number of hydrogen-bond acceptors (Lipinski definition) is 8. The molecule has 8 nitrogen and oxygen atoms in total. The molecular weight excluding hydrogens is 576 g/mol. The Hall–Kier alpha value is -5.68. The minimum absolute atomic E-state index is 0.140. The number of dihydropyridines is 1. The van der Waals surface area contributed by atoms with Crippen LogP contribution in [-0.2, 0) is 38.6 Å². The minimum atomic E-state index is -0.853. The lowest BCUT2D eigenvalue weighted by molar-refractivity contribution is -0.139. The Morgan fingerprint density at radius 1 is 0.826 bits per heavy atom. The Labute approximate surface area is 269 Å². The van der Waals surface area contributed by atoms with Gasteiger partial charge in [0, 0.05) is 42.8 Å². The Morgan fingerprint density at radius 2 is 1.41 bits per heavy atom. The predicted molar refractivity (Wildman–Crippen MR) is 176 cm³/mol. The number of benzene rings is 3. The average Bonchev–Trinajstić information content (AvgIpc) is 3.08. The molecule has 1 aliphatic heterocycles. The number of carbonyl (C=O) groups is 2. The van der Waals surface area contributed by atoms with Crippen LogP contribution in [0.15, 0.2) is 126 Å². The van der Waals surface area contributed by atoms with Crippen LogP contribution >= 0.6 is 0 Å². The summed E-state index contributed by atoms with van der Waals surface area (Å²) in [6.07, 6.45) is 2.00. The molecule has 4 aromatic rings. The Balaban J connectivity index is 1.30. The van der Waals surface area contributed by atoms with E-state index in [2.05, 4.69) is 94.1 Å². The van der Waals surface area contributed by atoms with Gasteiger partial charge in [0.2, 0.25) is 0 Å². The first kappa shape index (κ1) is 31.7. The van der Waals surface area contributed by atoms with Crippen molar-refractivity contribution in [3.8, 4) is 6.07 Å². The first-order chi connectivity index (χ1) is 22.4. The van der Waals surface area contributed by atoms with Crippen molar-refractivity contribution in [2.24, 2.45) is 0 Å². The molecule has 0 amide bonds. The Kier molecular flexibility index (Phi) is 10.3. The maximum Gasteiger partial charge on any atom is 0.336 e. The highest BCUT2D eigenvalue weighted by Gasteiger charge is 2.38. The number of pyridine rings is 1. The number of esters is 2. The van der Waals surface area contributed by atoms with Crippen LogP contribution in [0.4, 0.5) is 5.69 Å². The van der Waals surface area contributed by atoms with Crippen molar-refractivity contribution in [2.75, 3.05) is 18.6 Å². The largest absolute Gasteiger partial charge is 0.466 e. The zero-order chi connectivity index (χ0) is 32.5. The monoisotopic (exact) mass is 612 g/mol. The zero-order valence-corrected chi connectivity index (χ0v) is 26.2. The molecular formula is C38H36N4O4. The third-order valence-corrected chi connectivity index (χ3v) is 7.95. The van der Waals surface area contributed by atoms with Crippen LogP contribution in [0.2, 0.25) is 0 Å². The molecule has 232 valence electrons. The molecule has 0 fully saturated rings. The first-order valence-electron chi connectivity index (χ1n) is 15.1. The first-order valence-corrected chi connectivity index (χ1v) is 15.1. The lowest BCUT2D eigenvalue weighted by Crippen LogP contribution is -2.32. The van der Waals surface area contributed by atoms with Crippen LogP contribution in [0.5, 0.6) is 0 Å². The summed E-state index contributed by atoms with van der Waals surface area (Å²) in [7, 11) is 1.29. The number of aromatic nitrogens is 1. The molecule has 0 bridgehead atoms. The number of hydrogen-bond donors (Lipinski definition) is 1. The van der Waals surface area contributed by atoms with Crippen LogP contribution in [0.1, 0.15) is 47.7 Å². The number of ether oxygens (including phenoxy) is 2. The van der Waals surface area contributed by atoms with Crippen molar-refractivity contribution >= 4 is 17.6 Å². The van der Waals surface area contributed by atoms with Gasteiger partial charge in [0.1, 0.15) is 0 Å². The fraction of sp³-hybridized carbons (Fsp3) is 0.211. The molecule has 46 heavy (non-hydrogen) atoms. The van der Waals surface area contributed by atoms with E-state index in [0.29, 0.717) is 29.1 Å². The highest BCUT2D eigenvalue weighted by Crippen LogP contribution is 2.38. The van der Waals surface area contributed by atoms with Gasteiger partial charge in [-0.1, -0.05) is 72.8 Å². The standard InChI is InChI=1S/C38H36N4O4/c1-26-34(37(43)45-3)36(33-22-31(23-39)18-20-40-33)35(27(2)41-26)38(44)46-21-19-28-14-16-32(17-15-28)42(24-29-10-6-4-7-11-29)25-30-12-8-5-9-13-30/h4-18,20,22,36,41H,19,21,24-25H2,1-3H3. The summed E-state index contributed by atoms with van der Waals surface area (Å²) in [5.41, 5.74) is 6.91. The fourth-order valence-corrected chi connectivity index (χ4v) is 5.68. The summed E-state index contributed by atoms with van der Waals surface area (Å²) in [4.78, 5) is 33.2. The number of rotatable bonds is 11. The third kappa shape index (κ3) is 7.51. The molecule has 1 atom stereocenters. The number of allylic oxidation sites excluding steroid dienone is 2. The summed E-state index contributed by atoms with van der Waals surface area (Å²) < 4.78 is 10.8. The lowest BCUT2D eigenvalue weighted by Gasteiger charge is -2.29. The predicted octanol–water partition coefficient (Wildman–Crippen LogP) is 6.35. The smallest absolute Gasteiger partial charge is 0.336 e. The minimum Gasteiger partial charge on any atom is -0.466 e. The van der Waals surface area contributed by atoms with Crippen molar-refractivity contribution in [2.45, 2.75) is 39.3 Å². The van der Waals surface area contributed by atoms with E-state index >= 15 is 0 Å². The van der Waals surface area contributed by atoms with E-state index in [0.717, 1.165) is 24.3 Å². The van der Waals surface area contributed by atoms with Crippen molar-refractivity contribution in [3.05, 3.63) is 154 Å². The number of methoxy groups -OCH3 is 1. The van der Waals surface area contributed by atoms with Gasteiger partial charge in [0.25, 0.3) is 0 Å². The van der Waals surface area contributed by atoms with Crippen LogP contribution in [-0.4, -0.2) is 30.6 Å². The van der Waals surface area contributed by atoms with Crippen LogP contribution in [0, 0.1) is 11.3 Å². The van der Waals surface area contributed by atoms with E-state index in [1.54, 1.807) is 26.0 Å². The summed E-state index contributed by atoms with van der Waals surface area (Å²) >= 11 is 0. The van der Waals surface area contributed by atoms with Crippen molar-refractivity contribution in [1.82, 2.24) is 10.3 Å². The second-order valence-electron chi connectivity index (χ2n) is 11.1.